The van der Waals surface area contributed by atoms with E-state index in [-0.39, 0.29) is 35.2 Å². The number of anilines is 1. The molecular formula is C22H20ClFN4O3. The number of amides is 3. The zero-order valence-electron chi connectivity index (χ0n) is 16.5. The second-order valence-corrected chi connectivity index (χ2v) is 7.62. The van der Waals surface area contributed by atoms with E-state index in [9.17, 15) is 18.8 Å². The normalized spacial score (nSPS) is 13.9. The Balaban J connectivity index is 1.47. The van der Waals surface area contributed by atoms with Gasteiger partial charge < -0.3 is 15.5 Å². The highest BCUT2D eigenvalue weighted by atomic mass is 35.5. The van der Waals surface area contributed by atoms with Crippen molar-refractivity contribution < 1.29 is 18.8 Å². The number of nitrogens with one attached hydrogen (secondary N) is 2. The molecule has 7 nitrogen and oxygen atoms in total. The Kier molecular flexibility index (Phi) is 7.21. The number of likely N-dealkylation sites (tertiary alicyclic amines) is 1. The minimum atomic E-state index is -0.897. The summed E-state index contributed by atoms with van der Waals surface area (Å²) in [6, 6.07) is 12.1. The highest BCUT2D eigenvalue weighted by Gasteiger charge is 2.26. The van der Waals surface area contributed by atoms with Gasteiger partial charge in [-0.25, -0.2) is 4.39 Å². The maximum absolute atomic E-state index is 13.8. The van der Waals surface area contributed by atoms with Crippen molar-refractivity contribution >= 4 is 35.0 Å². The molecule has 0 aliphatic carbocycles. The minimum absolute atomic E-state index is 0.0451. The van der Waals surface area contributed by atoms with Crippen molar-refractivity contribution in [3.05, 3.63) is 64.4 Å². The van der Waals surface area contributed by atoms with Gasteiger partial charge >= 0.3 is 11.8 Å². The van der Waals surface area contributed by atoms with Gasteiger partial charge in [0.25, 0.3) is 5.91 Å². The molecule has 0 atom stereocenters. The van der Waals surface area contributed by atoms with Gasteiger partial charge in [-0.15, -0.1) is 0 Å². The van der Waals surface area contributed by atoms with E-state index in [4.69, 9.17) is 16.9 Å². The first-order valence-corrected chi connectivity index (χ1v) is 10.1. The monoisotopic (exact) mass is 442 g/mol. The molecule has 2 aromatic rings. The topological polar surface area (TPSA) is 102 Å². The van der Waals surface area contributed by atoms with Crippen LogP contribution in [0, 0.1) is 23.1 Å². The quantitative estimate of drug-likeness (QED) is 0.710. The van der Waals surface area contributed by atoms with Crippen LogP contribution in [0.3, 0.4) is 0 Å². The van der Waals surface area contributed by atoms with Gasteiger partial charge in [-0.05, 0) is 49.1 Å². The summed E-state index contributed by atoms with van der Waals surface area (Å²) in [6.07, 6.45) is 1.24. The van der Waals surface area contributed by atoms with Crippen molar-refractivity contribution in [1.82, 2.24) is 10.2 Å². The lowest BCUT2D eigenvalue weighted by molar-refractivity contribution is -0.136. The standard InChI is InChI=1S/C22H20ClFN4O3/c23-16-6-5-15(12-25)19(11-16)27-21(30)20(29)26-13-14-7-9-28(10-8-14)22(31)17-3-1-2-4-18(17)24/h1-6,11,14H,7-10,13H2,(H,26,29)(H,27,30). The highest BCUT2D eigenvalue weighted by Crippen LogP contribution is 2.21. The number of carbonyl (C=O) groups excluding carboxylic acids is 3. The Morgan fingerprint density at radius 1 is 1.13 bits per heavy atom. The van der Waals surface area contributed by atoms with E-state index >= 15 is 0 Å². The van der Waals surface area contributed by atoms with E-state index in [0.717, 1.165) is 0 Å². The summed E-state index contributed by atoms with van der Waals surface area (Å²) in [6.45, 7) is 1.15. The number of halogens is 2. The second kappa shape index (κ2) is 10.0. The molecule has 2 N–H and O–H groups in total. The summed E-state index contributed by atoms with van der Waals surface area (Å²) in [4.78, 5) is 38.3. The summed E-state index contributed by atoms with van der Waals surface area (Å²) in [5, 5.41) is 14.4. The van der Waals surface area contributed by atoms with E-state index in [1.807, 2.05) is 6.07 Å². The average molecular weight is 443 g/mol. The molecule has 31 heavy (non-hydrogen) atoms. The number of hydrogen-bond acceptors (Lipinski definition) is 4. The number of nitrogens with zero attached hydrogens (tertiary/aromatic N) is 2. The molecule has 3 rings (SSSR count). The zero-order chi connectivity index (χ0) is 22.4. The molecule has 3 amide bonds. The van der Waals surface area contributed by atoms with E-state index < -0.39 is 17.6 Å². The highest BCUT2D eigenvalue weighted by molar-refractivity contribution is 6.40. The molecule has 2 aromatic carbocycles. The third-order valence-corrected chi connectivity index (χ3v) is 5.35. The van der Waals surface area contributed by atoms with Crippen LogP contribution in [-0.4, -0.2) is 42.3 Å². The maximum atomic E-state index is 13.8. The van der Waals surface area contributed by atoms with Crippen LogP contribution in [0.5, 0.6) is 0 Å². The third kappa shape index (κ3) is 5.58. The van der Waals surface area contributed by atoms with Gasteiger partial charge in [-0.2, -0.15) is 5.26 Å². The molecule has 1 fully saturated rings. The number of rotatable bonds is 4. The zero-order valence-corrected chi connectivity index (χ0v) is 17.3. The fourth-order valence-electron chi connectivity index (χ4n) is 3.36. The van der Waals surface area contributed by atoms with Gasteiger partial charge in [-0.3, -0.25) is 14.4 Å². The number of carbonyl (C=O) groups is 3. The molecule has 9 heteroatoms. The predicted molar refractivity (Wildman–Crippen MR) is 113 cm³/mol. The Morgan fingerprint density at radius 3 is 2.52 bits per heavy atom. The van der Waals surface area contributed by atoms with Crippen molar-refractivity contribution in [2.45, 2.75) is 12.8 Å². The fraction of sp³-hybridized carbons (Fsp3) is 0.273. The molecule has 0 spiro atoms. The Bertz CT molecular complexity index is 1050. The molecule has 0 bridgehead atoms. The molecule has 1 heterocycles. The van der Waals surface area contributed by atoms with Crippen molar-refractivity contribution in [2.24, 2.45) is 5.92 Å². The molecule has 160 valence electrons. The molecule has 1 saturated heterocycles. The molecular weight excluding hydrogens is 423 g/mol. The van der Waals surface area contributed by atoms with Crippen molar-refractivity contribution in [1.29, 1.82) is 5.26 Å². The smallest absolute Gasteiger partial charge is 0.313 e. The van der Waals surface area contributed by atoms with Crippen molar-refractivity contribution in [2.75, 3.05) is 25.0 Å². The van der Waals surface area contributed by atoms with Crippen LogP contribution in [0.15, 0.2) is 42.5 Å². The molecule has 0 radical (unpaired) electrons. The average Bonchev–Trinajstić information content (AvgIpc) is 2.78. The van der Waals surface area contributed by atoms with Crippen molar-refractivity contribution in [3.8, 4) is 6.07 Å². The number of nitriles is 1. The van der Waals surface area contributed by atoms with Crippen LogP contribution in [0.1, 0.15) is 28.8 Å². The fourth-order valence-corrected chi connectivity index (χ4v) is 3.53. The first-order valence-electron chi connectivity index (χ1n) is 9.71. The van der Waals surface area contributed by atoms with Crippen LogP contribution in [-0.2, 0) is 9.59 Å². The van der Waals surface area contributed by atoms with Gasteiger partial charge in [0.15, 0.2) is 0 Å². The number of piperidine rings is 1. The van der Waals surface area contributed by atoms with Gasteiger partial charge in [-0.1, -0.05) is 23.7 Å². The lowest BCUT2D eigenvalue weighted by atomic mass is 9.96. The summed E-state index contributed by atoms with van der Waals surface area (Å²) in [7, 11) is 0. The van der Waals surface area contributed by atoms with Crippen LogP contribution in [0.25, 0.3) is 0 Å². The first kappa shape index (κ1) is 22.2. The van der Waals surface area contributed by atoms with Crippen LogP contribution < -0.4 is 10.6 Å². The summed E-state index contributed by atoms with van der Waals surface area (Å²) in [5.74, 6) is -2.54. The lowest BCUT2D eigenvalue weighted by Gasteiger charge is -2.32. The van der Waals surface area contributed by atoms with Gasteiger partial charge in [0.2, 0.25) is 0 Å². The van der Waals surface area contributed by atoms with Crippen LogP contribution in [0.4, 0.5) is 10.1 Å². The van der Waals surface area contributed by atoms with Crippen molar-refractivity contribution in [3.63, 3.8) is 0 Å². The van der Waals surface area contributed by atoms with E-state index in [1.54, 1.807) is 11.0 Å². The molecule has 0 unspecified atom stereocenters. The molecule has 0 aromatic heterocycles. The summed E-state index contributed by atoms with van der Waals surface area (Å²) < 4.78 is 13.8. The SMILES string of the molecule is N#Cc1ccc(Cl)cc1NC(=O)C(=O)NCC1CCN(C(=O)c2ccccc2F)CC1. The number of benzene rings is 2. The molecule has 0 saturated carbocycles. The Morgan fingerprint density at radius 2 is 1.84 bits per heavy atom. The predicted octanol–water partition coefficient (Wildman–Crippen LogP) is 2.96. The maximum Gasteiger partial charge on any atom is 0.313 e. The van der Waals surface area contributed by atoms with Crippen LogP contribution in [0.2, 0.25) is 5.02 Å². The second-order valence-electron chi connectivity index (χ2n) is 7.18. The first-order chi connectivity index (χ1) is 14.9. The van der Waals surface area contributed by atoms with Gasteiger partial charge in [0.05, 0.1) is 16.8 Å². The number of hydrogen-bond donors (Lipinski definition) is 2. The molecule has 1 aliphatic heterocycles. The largest absolute Gasteiger partial charge is 0.348 e. The third-order valence-electron chi connectivity index (χ3n) is 5.11. The summed E-state index contributed by atoms with van der Waals surface area (Å²) in [5.41, 5.74) is 0.399. The lowest BCUT2D eigenvalue weighted by Crippen LogP contribution is -2.43. The summed E-state index contributed by atoms with van der Waals surface area (Å²) >= 11 is 5.87. The minimum Gasteiger partial charge on any atom is -0.348 e. The van der Waals surface area contributed by atoms with Gasteiger partial charge in [0.1, 0.15) is 11.9 Å². The van der Waals surface area contributed by atoms with Crippen LogP contribution >= 0.6 is 11.6 Å². The van der Waals surface area contributed by atoms with E-state index in [0.29, 0.717) is 31.0 Å². The Labute approximate surface area is 183 Å². The van der Waals surface area contributed by atoms with E-state index in [2.05, 4.69) is 10.6 Å². The van der Waals surface area contributed by atoms with E-state index in [1.165, 1.54) is 36.4 Å². The Hall–Kier alpha value is -3.44. The van der Waals surface area contributed by atoms with Gasteiger partial charge in [0, 0.05) is 24.7 Å². The molecule has 1 aliphatic rings.